The number of nitrogens with one attached hydrogen (secondary N) is 1. The van der Waals surface area contributed by atoms with E-state index in [1.807, 2.05) is 6.92 Å². The molecule has 114 valence electrons. The maximum Gasteiger partial charge on any atom is 0.303 e. The van der Waals surface area contributed by atoms with Crippen LogP contribution in [0.1, 0.15) is 58.3 Å². The molecule has 0 radical (unpaired) electrons. The number of fused-ring (bicyclic) bond motifs is 2. The van der Waals surface area contributed by atoms with Crippen LogP contribution in [0, 0.1) is 23.7 Å². The normalized spacial score (nSPS) is 29.4. The summed E-state index contributed by atoms with van der Waals surface area (Å²) >= 11 is 0. The fourth-order valence-corrected chi connectivity index (χ4v) is 3.91. The molecule has 0 aliphatic heterocycles. The predicted molar refractivity (Wildman–Crippen MR) is 77.2 cm³/mol. The Morgan fingerprint density at radius 1 is 1.25 bits per heavy atom. The fourth-order valence-electron chi connectivity index (χ4n) is 3.91. The summed E-state index contributed by atoms with van der Waals surface area (Å²) in [5.74, 6) is 2.13. The lowest BCUT2D eigenvalue weighted by Crippen LogP contribution is -2.28. The van der Waals surface area contributed by atoms with Gasteiger partial charge in [-0.05, 0) is 55.8 Å². The van der Waals surface area contributed by atoms with Gasteiger partial charge in [-0.1, -0.05) is 13.3 Å². The summed E-state index contributed by atoms with van der Waals surface area (Å²) in [5, 5.41) is 11.6. The maximum atomic E-state index is 11.9. The van der Waals surface area contributed by atoms with Gasteiger partial charge in [0.25, 0.3) is 0 Å². The van der Waals surface area contributed by atoms with Crippen LogP contribution >= 0.6 is 0 Å². The van der Waals surface area contributed by atoms with Crippen LogP contribution in [0.15, 0.2) is 0 Å². The first kappa shape index (κ1) is 15.3. The second-order valence-corrected chi connectivity index (χ2v) is 6.82. The molecular formula is C16H27NO3. The second-order valence-electron chi connectivity index (χ2n) is 6.82. The fraction of sp³-hybridized carbons (Fsp3) is 0.875. The topological polar surface area (TPSA) is 66.4 Å². The molecule has 4 unspecified atom stereocenters. The highest BCUT2D eigenvalue weighted by Crippen LogP contribution is 2.49. The maximum absolute atomic E-state index is 11.9. The Bertz CT molecular complexity index is 356. The van der Waals surface area contributed by atoms with E-state index in [1.54, 1.807) is 0 Å². The van der Waals surface area contributed by atoms with E-state index in [1.165, 1.54) is 25.7 Å². The van der Waals surface area contributed by atoms with Crippen molar-refractivity contribution in [1.82, 2.24) is 5.32 Å². The summed E-state index contributed by atoms with van der Waals surface area (Å²) in [7, 11) is 0. The van der Waals surface area contributed by atoms with Crippen LogP contribution in [-0.4, -0.2) is 23.5 Å². The molecule has 2 N–H and O–H groups in total. The molecule has 2 fully saturated rings. The van der Waals surface area contributed by atoms with Crippen LogP contribution in [0.3, 0.4) is 0 Å². The van der Waals surface area contributed by atoms with Gasteiger partial charge in [-0.25, -0.2) is 0 Å². The zero-order valence-corrected chi connectivity index (χ0v) is 12.4. The third kappa shape index (κ3) is 4.50. The van der Waals surface area contributed by atoms with Gasteiger partial charge < -0.3 is 10.4 Å². The number of carbonyl (C=O) groups is 2. The average molecular weight is 281 g/mol. The Morgan fingerprint density at radius 3 is 2.65 bits per heavy atom. The van der Waals surface area contributed by atoms with Gasteiger partial charge >= 0.3 is 5.97 Å². The van der Waals surface area contributed by atoms with Crippen LogP contribution < -0.4 is 5.32 Å². The minimum absolute atomic E-state index is 0.188. The quantitative estimate of drug-likeness (QED) is 0.719. The van der Waals surface area contributed by atoms with E-state index in [0.29, 0.717) is 31.2 Å². The zero-order chi connectivity index (χ0) is 14.5. The Morgan fingerprint density at radius 2 is 2.05 bits per heavy atom. The molecule has 0 aromatic heterocycles. The number of hydrogen-bond donors (Lipinski definition) is 2. The molecule has 4 nitrogen and oxygen atoms in total. The highest BCUT2D eigenvalue weighted by molar-refractivity contribution is 5.76. The van der Waals surface area contributed by atoms with E-state index in [-0.39, 0.29) is 12.3 Å². The van der Waals surface area contributed by atoms with Gasteiger partial charge in [-0.15, -0.1) is 0 Å². The van der Waals surface area contributed by atoms with Crippen molar-refractivity contribution in [1.29, 1.82) is 0 Å². The standard InChI is InChI=1S/C16H27NO3/c1-11(2-5-16(19)20)6-7-17-15(18)10-14-9-12-3-4-13(14)8-12/h11-14H,2-10H2,1H3,(H,17,18)(H,19,20). The molecule has 2 rings (SSSR count). The molecule has 20 heavy (non-hydrogen) atoms. The van der Waals surface area contributed by atoms with Crippen molar-refractivity contribution < 1.29 is 14.7 Å². The number of carboxylic acid groups (broad SMARTS) is 1. The lowest BCUT2D eigenvalue weighted by atomic mass is 9.86. The highest BCUT2D eigenvalue weighted by Gasteiger charge is 2.39. The molecule has 4 heteroatoms. The summed E-state index contributed by atoms with van der Waals surface area (Å²) in [5.41, 5.74) is 0. The van der Waals surface area contributed by atoms with Crippen LogP contribution in [0.25, 0.3) is 0 Å². The Balaban J connectivity index is 1.55. The second kappa shape index (κ2) is 7.09. The smallest absolute Gasteiger partial charge is 0.303 e. The van der Waals surface area contributed by atoms with Gasteiger partial charge in [0, 0.05) is 19.4 Å². The summed E-state index contributed by atoms with van der Waals surface area (Å²) in [6, 6.07) is 0. The molecule has 2 aliphatic rings. The minimum atomic E-state index is -0.739. The first-order valence-corrected chi connectivity index (χ1v) is 8.03. The predicted octanol–water partition coefficient (Wildman–Crippen LogP) is 2.82. The lowest BCUT2D eigenvalue weighted by molar-refractivity contribution is -0.137. The first-order valence-electron chi connectivity index (χ1n) is 8.03. The first-order chi connectivity index (χ1) is 9.54. The van der Waals surface area contributed by atoms with Crippen molar-refractivity contribution in [2.75, 3.05) is 6.54 Å². The van der Waals surface area contributed by atoms with E-state index < -0.39 is 5.97 Å². The molecule has 0 saturated heterocycles. The Kier molecular flexibility index (Phi) is 5.44. The largest absolute Gasteiger partial charge is 0.481 e. The van der Waals surface area contributed by atoms with Gasteiger partial charge in [0.15, 0.2) is 0 Å². The van der Waals surface area contributed by atoms with Crippen molar-refractivity contribution in [2.45, 2.75) is 58.3 Å². The van der Waals surface area contributed by atoms with Crippen LogP contribution in [0.2, 0.25) is 0 Å². The summed E-state index contributed by atoms with van der Waals surface area (Å²) in [4.78, 5) is 22.4. The highest BCUT2D eigenvalue weighted by atomic mass is 16.4. The Labute approximate surface area is 121 Å². The molecule has 1 amide bonds. The van der Waals surface area contributed by atoms with Gasteiger partial charge in [0.05, 0.1) is 0 Å². The van der Waals surface area contributed by atoms with Crippen molar-refractivity contribution in [3.05, 3.63) is 0 Å². The number of hydrogen-bond acceptors (Lipinski definition) is 2. The third-order valence-corrected chi connectivity index (χ3v) is 5.14. The average Bonchev–Trinajstić information content (AvgIpc) is 2.98. The molecule has 0 spiro atoms. The van der Waals surface area contributed by atoms with Gasteiger partial charge in [-0.2, -0.15) is 0 Å². The zero-order valence-electron chi connectivity index (χ0n) is 12.4. The Hall–Kier alpha value is -1.06. The monoisotopic (exact) mass is 281 g/mol. The van der Waals surface area contributed by atoms with Crippen molar-refractivity contribution in [3.63, 3.8) is 0 Å². The molecule has 2 bridgehead atoms. The van der Waals surface area contributed by atoms with Crippen LogP contribution in [0.5, 0.6) is 0 Å². The van der Waals surface area contributed by atoms with Crippen molar-refractivity contribution in [3.8, 4) is 0 Å². The van der Waals surface area contributed by atoms with Crippen LogP contribution in [0.4, 0.5) is 0 Å². The molecule has 0 aromatic carbocycles. The number of aliphatic carboxylic acids is 1. The van der Waals surface area contributed by atoms with Crippen LogP contribution in [-0.2, 0) is 9.59 Å². The number of amides is 1. The SMILES string of the molecule is CC(CCNC(=O)CC1CC2CCC1C2)CCC(=O)O. The molecule has 0 aromatic rings. The molecule has 2 saturated carbocycles. The van der Waals surface area contributed by atoms with Crippen molar-refractivity contribution >= 4 is 11.9 Å². The van der Waals surface area contributed by atoms with E-state index in [9.17, 15) is 9.59 Å². The molecule has 0 heterocycles. The van der Waals surface area contributed by atoms with E-state index in [2.05, 4.69) is 5.32 Å². The summed E-state index contributed by atoms with van der Waals surface area (Å²) in [6.07, 6.45) is 7.80. The molecular weight excluding hydrogens is 254 g/mol. The number of rotatable bonds is 8. The van der Waals surface area contributed by atoms with Crippen molar-refractivity contribution in [2.24, 2.45) is 23.7 Å². The number of carbonyl (C=O) groups excluding carboxylic acids is 1. The third-order valence-electron chi connectivity index (χ3n) is 5.14. The summed E-state index contributed by atoms with van der Waals surface area (Å²) < 4.78 is 0. The van der Waals surface area contributed by atoms with Gasteiger partial charge in [0.1, 0.15) is 0 Å². The molecule has 2 aliphatic carbocycles. The van der Waals surface area contributed by atoms with E-state index in [0.717, 1.165) is 18.3 Å². The molecule has 4 atom stereocenters. The minimum Gasteiger partial charge on any atom is -0.481 e. The lowest BCUT2D eigenvalue weighted by Gasteiger charge is -2.21. The van der Waals surface area contributed by atoms with Gasteiger partial charge in [0.2, 0.25) is 5.91 Å². The van der Waals surface area contributed by atoms with E-state index in [4.69, 9.17) is 5.11 Å². The van der Waals surface area contributed by atoms with Gasteiger partial charge in [-0.3, -0.25) is 9.59 Å². The number of carboxylic acids is 1. The van der Waals surface area contributed by atoms with E-state index >= 15 is 0 Å². The summed E-state index contributed by atoms with van der Waals surface area (Å²) in [6.45, 7) is 2.73.